The first kappa shape index (κ1) is 12.2. The second kappa shape index (κ2) is 4.70. The predicted octanol–water partition coefficient (Wildman–Crippen LogP) is 2.75. The minimum atomic E-state index is -0.679. The number of carbonyl (C=O) groups excluding carboxylic acids is 2. The molecule has 0 spiro atoms. The summed E-state index contributed by atoms with van der Waals surface area (Å²) >= 11 is 0. The Balaban J connectivity index is 1.98. The molecule has 0 fully saturated rings. The second-order valence-electron chi connectivity index (χ2n) is 4.41. The van der Waals surface area contributed by atoms with Gasteiger partial charge in [0.2, 0.25) is 11.7 Å². The van der Waals surface area contributed by atoms with Crippen LogP contribution >= 0.6 is 0 Å². The molecule has 0 bridgehead atoms. The van der Waals surface area contributed by atoms with E-state index in [4.69, 9.17) is 14.6 Å². The van der Waals surface area contributed by atoms with E-state index in [9.17, 15) is 9.59 Å². The molecular weight excluding hydrogens is 258 g/mol. The largest absolute Gasteiger partial charge is 0.464 e. The van der Waals surface area contributed by atoms with Crippen molar-refractivity contribution >= 4 is 22.7 Å². The Kier molecular flexibility index (Phi) is 2.87. The first-order valence-electron chi connectivity index (χ1n) is 6.02. The van der Waals surface area contributed by atoms with E-state index in [-0.39, 0.29) is 12.2 Å². The highest BCUT2D eigenvalue weighted by atomic mass is 16.3. The van der Waals surface area contributed by atoms with Crippen LogP contribution in [0.3, 0.4) is 0 Å². The quantitative estimate of drug-likeness (QED) is 0.582. The molecule has 20 heavy (non-hydrogen) atoms. The highest BCUT2D eigenvalue weighted by Gasteiger charge is 2.16. The number of benzene rings is 1. The van der Waals surface area contributed by atoms with E-state index in [1.807, 2.05) is 24.3 Å². The Morgan fingerprint density at radius 3 is 2.70 bits per heavy atom. The molecule has 0 saturated carbocycles. The van der Waals surface area contributed by atoms with E-state index < -0.39 is 11.7 Å². The molecule has 5 heteroatoms. The van der Waals surface area contributed by atoms with Crippen molar-refractivity contribution in [1.82, 2.24) is 0 Å². The van der Waals surface area contributed by atoms with E-state index in [1.165, 1.54) is 6.26 Å². The molecule has 0 aliphatic rings. The number of rotatable bonds is 4. The van der Waals surface area contributed by atoms with Gasteiger partial charge in [-0.2, -0.15) is 0 Å². The summed E-state index contributed by atoms with van der Waals surface area (Å²) < 4.78 is 10.6. The fourth-order valence-electron chi connectivity index (χ4n) is 2.07. The van der Waals surface area contributed by atoms with E-state index in [0.29, 0.717) is 0 Å². The van der Waals surface area contributed by atoms with Crippen molar-refractivity contribution in [3.8, 4) is 11.1 Å². The van der Waals surface area contributed by atoms with Crippen LogP contribution < -0.4 is 5.73 Å². The van der Waals surface area contributed by atoms with Gasteiger partial charge in [0.15, 0.2) is 5.76 Å². The maximum atomic E-state index is 11.7. The van der Waals surface area contributed by atoms with E-state index in [1.54, 1.807) is 12.3 Å². The van der Waals surface area contributed by atoms with Gasteiger partial charge in [0, 0.05) is 16.5 Å². The van der Waals surface area contributed by atoms with Crippen molar-refractivity contribution in [2.24, 2.45) is 5.73 Å². The summed E-state index contributed by atoms with van der Waals surface area (Å²) in [4.78, 5) is 22.4. The Labute approximate surface area is 114 Å². The van der Waals surface area contributed by atoms with Crippen LogP contribution in [-0.2, 0) is 4.79 Å². The normalized spacial score (nSPS) is 10.8. The van der Waals surface area contributed by atoms with Gasteiger partial charge in [0.25, 0.3) is 0 Å². The average molecular weight is 269 g/mol. The molecular formula is C15H11NO4. The number of primary amides is 1. The Morgan fingerprint density at radius 2 is 1.90 bits per heavy atom. The van der Waals surface area contributed by atoms with Gasteiger partial charge in [-0.3, -0.25) is 9.59 Å². The number of carbonyl (C=O) groups is 2. The number of fused-ring (bicyclic) bond motifs is 1. The molecule has 5 nitrogen and oxygen atoms in total. The van der Waals surface area contributed by atoms with E-state index in [2.05, 4.69) is 0 Å². The maximum Gasteiger partial charge on any atom is 0.225 e. The lowest BCUT2D eigenvalue weighted by atomic mass is 10.1. The number of amides is 1. The monoisotopic (exact) mass is 269 g/mol. The molecule has 2 aromatic heterocycles. The minimum absolute atomic E-state index is 0.115. The highest BCUT2D eigenvalue weighted by molar-refractivity contribution is 6.06. The number of furan rings is 2. The standard InChI is InChI=1S/C15H11NO4/c16-15(18)6-12(17)14-5-9(7-19-14)11-8-20-13-4-2-1-3-10(11)13/h1-5,7-8H,6H2,(H2,16,18). The molecule has 1 aromatic carbocycles. The number of para-hydroxylation sites is 1. The van der Waals surface area contributed by atoms with Gasteiger partial charge in [0.1, 0.15) is 5.58 Å². The smallest absolute Gasteiger partial charge is 0.225 e. The molecule has 0 unspecified atom stereocenters. The summed E-state index contributed by atoms with van der Waals surface area (Å²) in [7, 11) is 0. The van der Waals surface area contributed by atoms with Crippen molar-refractivity contribution in [2.45, 2.75) is 6.42 Å². The van der Waals surface area contributed by atoms with Crippen molar-refractivity contribution in [3.05, 3.63) is 48.6 Å². The van der Waals surface area contributed by atoms with Crippen LogP contribution in [0.4, 0.5) is 0 Å². The van der Waals surface area contributed by atoms with Crippen LogP contribution in [-0.4, -0.2) is 11.7 Å². The third-order valence-electron chi connectivity index (χ3n) is 3.00. The predicted molar refractivity (Wildman–Crippen MR) is 72.1 cm³/mol. The van der Waals surface area contributed by atoms with Gasteiger partial charge in [-0.1, -0.05) is 18.2 Å². The molecule has 0 saturated heterocycles. The number of ketones is 1. The number of hydrogen-bond acceptors (Lipinski definition) is 4. The van der Waals surface area contributed by atoms with Crippen LogP contribution in [0.15, 0.2) is 51.7 Å². The zero-order chi connectivity index (χ0) is 14.1. The summed E-state index contributed by atoms with van der Waals surface area (Å²) in [6, 6.07) is 9.15. The van der Waals surface area contributed by atoms with Crippen LogP contribution in [0.25, 0.3) is 22.1 Å². The SMILES string of the molecule is NC(=O)CC(=O)c1cc(-c2coc3ccccc23)co1. The highest BCUT2D eigenvalue weighted by Crippen LogP contribution is 2.31. The van der Waals surface area contributed by atoms with E-state index >= 15 is 0 Å². The van der Waals surface area contributed by atoms with Crippen molar-refractivity contribution in [2.75, 3.05) is 0 Å². The lowest BCUT2D eigenvalue weighted by Gasteiger charge is -1.92. The lowest BCUT2D eigenvalue weighted by Crippen LogP contribution is -2.15. The summed E-state index contributed by atoms with van der Waals surface area (Å²) in [5.74, 6) is -0.998. The fraction of sp³-hybridized carbons (Fsp3) is 0.0667. The Morgan fingerprint density at radius 1 is 1.10 bits per heavy atom. The van der Waals surface area contributed by atoms with Gasteiger partial charge in [-0.25, -0.2) is 0 Å². The van der Waals surface area contributed by atoms with Gasteiger partial charge in [-0.05, 0) is 12.1 Å². The molecule has 0 aliphatic heterocycles. The molecule has 3 aromatic rings. The van der Waals surface area contributed by atoms with Crippen molar-refractivity contribution in [3.63, 3.8) is 0 Å². The summed E-state index contributed by atoms with van der Waals surface area (Å²) in [5.41, 5.74) is 7.31. The van der Waals surface area contributed by atoms with Crippen LogP contribution in [0.5, 0.6) is 0 Å². The van der Waals surface area contributed by atoms with Crippen LogP contribution in [0.1, 0.15) is 17.0 Å². The third kappa shape index (κ3) is 2.09. The number of hydrogen-bond donors (Lipinski definition) is 1. The maximum absolute atomic E-state index is 11.7. The zero-order valence-corrected chi connectivity index (χ0v) is 10.5. The second-order valence-corrected chi connectivity index (χ2v) is 4.41. The zero-order valence-electron chi connectivity index (χ0n) is 10.5. The van der Waals surface area contributed by atoms with E-state index in [0.717, 1.165) is 22.1 Å². The summed E-state index contributed by atoms with van der Waals surface area (Å²) in [6.07, 6.45) is 2.71. The Bertz CT molecular complexity index is 797. The minimum Gasteiger partial charge on any atom is -0.464 e. The molecule has 0 atom stereocenters. The molecule has 3 rings (SSSR count). The number of Topliss-reactive ketones (excluding diaryl/α,β-unsaturated/α-hetero) is 1. The third-order valence-corrected chi connectivity index (χ3v) is 3.00. The fourth-order valence-corrected chi connectivity index (χ4v) is 2.07. The lowest BCUT2D eigenvalue weighted by molar-refractivity contribution is -0.117. The molecule has 1 amide bonds. The number of nitrogens with two attached hydrogens (primary N) is 1. The molecule has 0 radical (unpaired) electrons. The molecule has 2 heterocycles. The van der Waals surface area contributed by atoms with Crippen molar-refractivity contribution < 1.29 is 18.4 Å². The summed E-state index contributed by atoms with van der Waals surface area (Å²) in [6.45, 7) is 0. The topological polar surface area (TPSA) is 86.4 Å². The van der Waals surface area contributed by atoms with Gasteiger partial charge in [0.05, 0.1) is 18.9 Å². The Hall–Kier alpha value is -2.82. The van der Waals surface area contributed by atoms with Gasteiger partial charge < -0.3 is 14.6 Å². The van der Waals surface area contributed by atoms with Crippen LogP contribution in [0.2, 0.25) is 0 Å². The van der Waals surface area contributed by atoms with Gasteiger partial charge in [-0.15, -0.1) is 0 Å². The van der Waals surface area contributed by atoms with Crippen molar-refractivity contribution in [1.29, 1.82) is 0 Å². The molecule has 0 aliphatic carbocycles. The first-order valence-corrected chi connectivity index (χ1v) is 6.02. The average Bonchev–Trinajstić information content (AvgIpc) is 3.04. The van der Waals surface area contributed by atoms with Gasteiger partial charge >= 0.3 is 0 Å². The molecule has 2 N–H and O–H groups in total. The van der Waals surface area contributed by atoms with Crippen LogP contribution in [0, 0.1) is 0 Å². The first-order chi connectivity index (χ1) is 9.65. The summed E-state index contributed by atoms with van der Waals surface area (Å²) in [5, 5.41) is 0.933. The molecule has 100 valence electrons.